The van der Waals surface area contributed by atoms with Crippen molar-refractivity contribution in [3.63, 3.8) is 0 Å². The van der Waals surface area contributed by atoms with Crippen molar-refractivity contribution in [3.8, 4) is 0 Å². The number of ether oxygens (including phenoxy) is 2. The molecule has 1 atom stereocenters. The highest BCUT2D eigenvalue weighted by Gasteiger charge is 2.20. The summed E-state index contributed by atoms with van der Waals surface area (Å²) in [7, 11) is 1.54. The number of carbonyl (C=O) groups excluding carboxylic acids is 2. The number of thiazole rings is 1. The van der Waals surface area contributed by atoms with Crippen LogP contribution in [-0.4, -0.2) is 43.2 Å². The van der Waals surface area contributed by atoms with E-state index >= 15 is 0 Å². The lowest BCUT2D eigenvalue weighted by Gasteiger charge is -2.12. The van der Waals surface area contributed by atoms with Crippen molar-refractivity contribution in [2.24, 2.45) is 0 Å². The van der Waals surface area contributed by atoms with Crippen LogP contribution in [0.25, 0.3) is 0 Å². The fraction of sp³-hybridized carbons (Fsp3) is 0.353. The Labute approximate surface area is 150 Å². The molecular weight excluding hydrogens is 342 g/mol. The number of carbonyl (C=O) groups is 2. The molecule has 1 aromatic carbocycles. The van der Waals surface area contributed by atoms with Gasteiger partial charge in [-0.05, 0) is 12.5 Å². The van der Waals surface area contributed by atoms with Gasteiger partial charge in [-0.25, -0.2) is 9.78 Å². The zero-order chi connectivity index (χ0) is 18.1. The van der Waals surface area contributed by atoms with Gasteiger partial charge in [0.1, 0.15) is 0 Å². The van der Waals surface area contributed by atoms with E-state index in [4.69, 9.17) is 9.47 Å². The molecule has 0 spiro atoms. The van der Waals surface area contributed by atoms with Crippen LogP contribution in [0.5, 0.6) is 0 Å². The molecule has 0 radical (unpaired) electrons. The average Bonchev–Trinajstić information content (AvgIpc) is 3.10. The topological polar surface area (TPSA) is 89.5 Å². The van der Waals surface area contributed by atoms with Crippen LogP contribution >= 0.6 is 11.3 Å². The van der Waals surface area contributed by atoms with Gasteiger partial charge in [-0.3, -0.25) is 4.79 Å². The third kappa shape index (κ3) is 6.17. The number of esters is 1. The number of rotatable bonds is 9. The van der Waals surface area contributed by atoms with Gasteiger partial charge in [0.25, 0.3) is 5.91 Å². The Kier molecular flexibility index (Phi) is 7.36. The van der Waals surface area contributed by atoms with Crippen molar-refractivity contribution in [1.29, 1.82) is 0 Å². The van der Waals surface area contributed by atoms with Gasteiger partial charge in [0.15, 0.2) is 16.9 Å². The Bertz CT molecular complexity index is 690. The maximum absolute atomic E-state index is 12.1. The fourth-order valence-corrected chi connectivity index (χ4v) is 2.60. The largest absolute Gasteiger partial charge is 0.448 e. The van der Waals surface area contributed by atoms with Crippen LogP contribution in [0.4, 0.5) is 5.13 Å². The van der Waals surface area contributed by atoms with E-state index in [-0.39, 0.29) is 11.6 Å². The van der Waals surface area contributed by atoms with Crippen molar-refractivity contribution in [1.82, 2.24) is 10.3 Å². The smallest absolute Gasteiger partial charge is 0.358 e. The molecule has 25 heavy (non-hydrogen) atoms. The number of benzene rings is 1. The minimum atomic E-state index is -0.896. The first-order valence-corrected chi connectivity index (χ1v) is 8.69. The molecule has 7 nitrogen and oxygen atoms in total. The molecule has 0 fully saturated rings. The highest BCUT2D eigenvalue weighted by molar-refractivity contribution is 7.13. The van der Waals surface area contributed by atoms with Gasteiger partial charge in [-0.15, -0.1) is 11.3 Å². The zero-order valence-electron chi connectivity index (χ0n) is 14.2. The van der Waals surface area contributed by atoms with E-state index in [0.29, 0.717) is 24.8 Å². The second-order valence-electron chi connectivity index (χ2n) is 5.21. The predicted octanol–water partition coefficient (Wildman–Crippen LogP) is 2.06. The number of nitrogens with zero attached hydrogens (tertiary/aromatic N) is 1. The molecule has 2 N–H and O–H groups in total. The molecule has 1 amide bonds. The average molecular weight is 363 g/mol. The van der Waals surface area contributed by atoms with Crippen molar-refractivity contribution in [2.75, 3.05) is 25.6 Å². The van der Waals surface area contributed by atoms with E-state index in [2.05, 4.69) is 15.6 Å². The highest BCUT2D eigenvalue weighted by Crippen LogP contribution is 2.17. The number of anilines is 1. The van der Waals surface area contributed by atoms with Crippen molar-refractivity contribution in [3.05, 3.63) is 47.0 Å². The lowest BCUT2D eigenvalue weighted by Crippen LogP contribution is -2.37. The van der Waals surface area contributed by atoms with Crippen LogP contribution in [0.15, 0.2) is 35.7 Å². The number of hydrogen-bond acceptors (Lipinski definition) is 7. The predicted molar refractivity (Wildman–Crippen MR) is 95.6 cm³/mol. The molecule has 1 heterocycles. The van der Waals surface area contributed by atoms with Crippen LogP contribution < -0.4 is 10.6 Å². The number of amides is 1. The Hall–Kier alpha value is -2.45. The summed E-state index contributed by atoms with van der Waals surface area (Å²) in [6, 6.07) is 9.87. The van der Waals surface area contributed by atoms with Crippen molar-refractivity contribution in [2.45, 2.75) is 19.6 Å². The number of nitrogens with one attached hydrogen (secondary N) is 2. The molecule has 2 aromatic rings. The molecule has 0 unspecified atom stereocenters. The standard InChI is InChI=1S/C17H21N3O4S/c1-12(15(21)18-8-9-23-2)24-16(22)14-11-25-17(20-14)19-10-13-6-4-3-5-7-13/h3-7,11-12H,8-10H2,1-2H3,(H,18,21)(H,19,20)/t12-/m1/s1. The SMILES string of the molecule is COCCNC(=O)[C@@H](C)OC(=O)c1csc(NCc2ccccc2)n1. The Morgan fingerprint density at radius 2 is 2.04 bits per heavy atom. The second kappa shape index (κ2) is 9.75. The normalized spacial score (nSPS) is 11.6. The van der Waals surface area contributed by atoms with Crippen LogP contribution in [0.2, 0.25) is 0 Å². The van der Waals surface area contributed by atoms with Crippen LogP contribution in [0.3, 0.4) is 0 Å². The fourth-order valence-electron chi connectivity index (χ4n) is 1.92. The van der Waals surface area contributed by atoms with Gasteiger partial charge < -0.3 is 20.1 Å². The molecule has 0 saturated heterocycles. The molecule has 0 saturated carbocycles. The molecule has 2 rings (SSSR count). The quantitative estimate of drug-likeness (QED) is 0.524. The number of hydrogen-bond donors (Lipinski definition) is 2. The summed E-state index contributed by atoms with van der Waals surface area (Å²) in [5.41, 5.74) is 1.29. The molecule has 8 heteroatoms. The monoisotopic (exact) mass is 363 g/mol. The first kappa shape index (κ1) is 18.9. The van der Waals surface area contributed by atoms with Crippen LogP contribution in [-0.2, 0) is 20.8 Å². The maximum Gasteiger partial charge on any atom is 0.358 e. The summed E-state index contributed by atoms with van der Waals surface area (Å²) < 4.78 is 9.97. The van der Waals surface area contributed by atoms with Crippen LogP contribution in [0.1, 0.15) is 23.0 Å². The van der Waals surface area contributed by atoms with Gasteiger partial charge in [-0.1, -0.05) is 30.3 Å². The van der Waals surface area contributed by atoms with Crippen molar-refractivity contribution < 1.29 is 19.1 Å². The van der Waals surface area contributed by atoms with E-state index in [1.807, 2.05) is 30.3 Å². The van der Waals surface area contributed by atoms with E-state index in [0.717, 1.165) is 5.56 Å². The van der Waals surface area contributed by atoms with Gasteiger partial charge in [0, 0.05) is 25.6 Å². The molecule has 0 aliphatic carbocycles. The third-order valence-electron chi connectivity index (χ3n) is 3.26. The summed E-state index contributed by atoms with van der Waals surface area (Å²) in [6.45, 7) is 2.89. The summed E-state index contributed by atoms with van der Waals surface area (Å²) in [5.74, 6) is -0.999. The third-order valence-corrected chi connectivity index (χ3v) is 4.06. The Morgan fingerprint density at radius 3 is 2.76 bits per heavy atom. The maximum atomic E-state index is 12.1. The summed E-state index contributed by atoms with van der Waals surface area (Å²) in [6.07, 6.45) is -0.896. The first-order valence-electron chi connectivity index (χ1n) is 7.81. The van der Waals surface area contributed by atoms with Crippen molar-refractivity contribution >= 4 is 28.3 Å². The van der Waals surface area contributed by atoms with E-state index < -0.39 is 12.1 Å². The lowest BCUT2D eigenvalue weighted by molar-refractivity contribution is -0.129. The van der Waals surface area contributed by atoms with Gasteiger partial charge >= 0.3 is 5.97 Å². The van der Waals surface area contributed by atoms with Gasteiger partial charge in [0.05, 0.1) is 6.61 Å². The second-order valence-corrected chi connectivity index (χ2v) is 6.07. The summed E-state index contributed by atoms with van der Waals surface area (Å²) in [4.78, 5) is 28.0. The molecular formula is C17H21N3O4S. The van der Waals surface area contributed by atoms with E-state index in [9.17, 15) is 9.59 Å². The van der Waals surface area contributed by atoms with Crippen LogP contribution in [0, 0.1) is 0 Å². The molecule has 0 aliphatic rings. The minimum absolute atomic E-state index is 0.178. The first-order chi connectivity index (χ1) is 12.1. The Balaban J connectivity index is 1.82. The highest BCUT2D eigenvalue weighted by atomic mass is 32.1. The Morgan fingerprint density at radius 1 is 1.28 bits per heavy atom. The zero-order valence-corrected chi connectivity index (χ0v) is 15.0. The molecule has 0 bridgehead atoms. The summed E-state index contributed by atoms with van der Waals surface area (Å²) >= 11 is 1.31. The molecule has 0 aliphatic heterocycles. The number of aromatic nitrogens is 1. The molecule has 134 valence electrons. The lowest BCUT2D eigenvalue weighted by atomic mass is 10.2. The number of methoxy groups -OCH3 is 1. The summed E-state index contributed by atoms with van der Waals surface area (Å²) in [5, 5.41) is 7.99. The minimum Gasteiger partial charge on any atom is -0.448 e. The van der Waals surface area contributed by atoms with E-state index in [1.54, 1.807) is 12.5 Å². The van der Waals surface area contributed by atoms with Gasteiger partial charge in [-0.2, -0.15) is 0 Å². The molecule has 1 aromatic heterocycles. The van der Waals surface area contributed by atoms with E-state index in [1.165, 1.54) is 18.3 Å². The van der Waals surface area contributed by atoms with Gasteiger partial charge in [0.2, 0.25) is 0 Å².